The molecule has 0 aliphatic rings. The van der Waals surface area contributed by atoms with E-state index in [1.807, 2.05) is 0 Å². The lowest BCUT2D eigenvalue weighted by Gasteiger charge is -2.04. The van der Waals surface area contributed by atoms with E-state index >= 15 is 0 Å². The van der Waals surface area contributed by atoms with Crippen LogP contribution in [0.25, 0.3) is 0 Å². The zero-order valence-electron chi connectivity index (χ0n) is 11.0. The van der Waals surface area contributed by atoms with Gasteiger partial charge in [0.15, 0.2) is 0 Å². The SMILES string of the molecule is O=CNc1nn(CC(=O)Nc2cccc(F)c2)cc1[N+](=O)[O-]. The predicted molar refractivity (Wildman–Crippen MR) is 73.6 cm³/mol. The number of hydrogen-bond acceptors (Lipinski definition) is 5. The molecule has 9 nitrogen and oxygen atoms in total. The molecule has 10 heteroatoms. The van der Waals surface area contributed by atoms with Crippen LogP contribution in [0.1, 0.15) is 0 Å². The molecule has 2 rings (SSSR count). The van der Waals surface area contributed by atoms with Crippen molar-refractivity contribution in [3.8, 4) is 0 Å². The molecule has 2 N–H and O–H groups in total. The van der Waals surface area contributed by atoms with Crippen LogP contribution in [0.4, 0.5) is 21.6 Å². The van der Waals surface area contributed by atoms with E-state index in [1.54, 1.807) is 0 Å². The zero-order valence-corrected chi connectivity index (χ0v) is 11.0. The molecule has 0 saturated heterocycles. The van der Waals surface area contributed by atoms with E-state index in [9.17, 15) is 24.1 Å². The van der Waals surface area contributed by atoms with Crippen LogP contribution < -0.4 is 10.6 Å². The minimum atomic E-state index is -0.736. The molecule has 1 heterocycles. The first kappa shape index (κ1) is 15.1. The number of carbonyl (C=O) groups is 2. The van der Waals surface area contributed by atoms with Gasteiger partial charge in [0.1, 0.15) is 18.6 Å². The largest absolute Gasteiger partial charge is 0.331 e. The molecule has 22 heavy (non-hydrogen) atoms. The first-order valence-corrected chi connectivity index (χ1v) is 5.97. The average Bonchev–Trinajstić information content (AvgIpc) is 2.82. The summed E-state index contributed by atoms with van der Waals surface area (Å²) < 4.78 is 14.0. The van der Waals surface area contributed by atoms with Crippen molar-refractivity contribution in [1.82, 2.24) is 9.78 Å². The van der Waals surface area contributed by atoms with E-state index in [0.717, 1.165) is 16.9 Å². The molecular weight excluding hydrogens is 297 g/mol. The first-order valence-electron chi connectivity index (χ1n) is 5.97. The molecule has 0 saturated carbocycles. The number of anilines is 2. The number of benzene rings is 1. The fourth-order valence-electron chi connectivity index (χ4n) is 1.70. The number of nitrogens with one attached hydrogen (secondary N) is 2. The lowest BCUT2D eigenvalue weighted by molar-refractivity contribution is -0.384. The molecular formula is C12H10FN5O4. The summed E-state index contributed by atoms with van der Waals surface area (Å²) in [5.74, 6) is -1.33. The maximum absolute atomic E-state index is 13.0. The molecule has 2 aromatic rings. The summed E-state index contributed by atoms with van der Waals surface area (Å²) in [6, 6.07) is 5.27. The Hall–Kier alpha value is -3.30. The fourth-order valence-corrected chi connectivity index (χ4v) is 1.70. The average molecular weight is 307 g/mol. The maximum Gasteiger partial charge on any atom is 0.331 e. The van der Waals surface area contributed by atoms with Gasteiger partial charge in [0.2, 0.25) is 18.1 Å². The van der Waals surface area contributed by atoms with Crippen molar-refractivity contribution >= 4 is 29.5 Å². The maximum atomic E-state index is 13.0. The summed E-state index contributed by atoms with van der Waals surface area (Å²) >= 11 is 0. The summed E-state index contributed by atoms with van der Waals surface area (Å²) in [6.07, 6.45) is 1.25. The highest BCUT2D eigenvalue weighted by Crippen LogP contribution is 2.21. The minimum absolute atomic E-state index is 0.243. The third-order valence-electron chi connectivity index (χ3n) is 2.55. The van der Waals surface area contributed by atoms with Gasteiger partial charge < -0.3 is 10.6 Å². The van der Waals surface area contributed by atoms with Gasteiger partial charge in [-0.2, -0.15) is 0 Å². The lowest BCUT2D eigenvalue weighted by atomic mass is 10.3. The number of carbonyl (C=O) groups excluding carboxylic acids is 2. The number of halogens is 1. The smallest absolute Gasteiger partial charge is 0.324 e. The molecule has 0 fully saturated rings. The van der Waals surface area contributed by atoms with Gasteiger partial charge in [-0.25, -0.2) is 4.39 Å². The van der Waals surface area contributed by atoms with Gasteiger partial charge in [-0.3, -0.25) is 24.4 Å². The third-order valence-corrected chi connectivity index (χ3v) is 2.55. The Morgan fingerprint density at radius 2 is 2.27 bits per heavy atom. The second kappa shape index (κ2) is 6.43. The van der Waals surface area contributed by atoms with Crippen molar-refractivity contribution in [3.05, 3.63) is 46.4 Å². The van der Waals surface area contributed by atoms with Crippen LogP contribution in [0.3, 0.4) is 0 Å². The molecule has 0 atom stereocenters. The minimum Gasteiger partial charge on any atom is -0.324 e. The third kappa shape index (κ3) is 3.62. The predicted octanol–water partition coefficient (Wildman–Crippen LogP) is 1.14. The van der Waals surface area contributed by atoms with Crippen molar-refractivity contribution in [2.75, 3.05) is 10.6 Å². The Morgan fingerprint density at radius 1 is 1.50 bits per heavy atom. The molecule has 0 radical (unpaired) electrons. The van der Waals surface area contributed by atoms with Gasteiger partial charge in [-0.15, -0.1) is 5.10 Å². The quantitative estimate of drug-likeness (QED) is 0.471. The zero-order chi connectivity index (χ0) is 16.1. The van der Waals surface area contributed by atoms with Gasteiger partial charge in [-0.1, -0.05) is 6.07 Å². The van der Waals surface area contributed by atoms with Crippen LogP contribution in [-0.2, 0) is 16.1 Å². The number of rotatable bonds is 6. The topological polar surface area (TPSA) is 119 Å². The van der Waals surface area contributed by atoms with E-state index in [0.29, 0.717) is 0 Å². The molecule has 0 bridgehead atoms. The number of hydrogen-bond donors (Lipinski definition) is 2. The van der Waals surface area contributed by atoms with E-state index in [1.165, 1.54) is 18.2 Å². The van der Waals surface area contributed by atoms with Gasteiger partial charge in [0.25, 0.3) is 0 Å². The summed E-state index contributed by atoms with van der Waals surface area (Å²) in [7, 11) is 0. The molecule has 2 amide bonds. The van der Waals surface area contributed by atoms with Crippen LogP contribution in [-0.4, -0.2) is 27.0 Å². The summed E-state index contributed by atoms with van der Waals surface area (Å²) in [5, 5.41) is 19.0. The molecule has 0 unspecified atom stereocenters. The highest BCUT2D eigenvalue weighted by atomic mass is 19.1. The number of nitrogens with zero attached hydrogens (tertiary/aromatic N) is 3. The Bertz CT molecular complexity index is 730. The van der Waals surface area contributed by atoms with E-state index in [-0.39, 0.29) is 24.5 Å². The van der Waals surface area contributed by atoms with E-state index in [2.05, 4.69) is 15.7 Å². The van der Waals surface area contributed by atoms with Crippen molar-refractivity contribution in [2.45, 2.75) is 6.54 Å². The first-order chi connectivity index (χ1) is 10.5. The molecule has 114 valence electrons. The highest BCUT2D eigenvalue weighted by Gasteiger charge is 2.20. The van der Waals surface area contributed by atoms with Crippen LogP contribution in [0.5, 0.6) is 0 Å². The number of nitro groups is 1. The molecule has 1 aromatic heterocycles. The standard InChI is InChI=1S/C12H10FN5O4/c13-8-2-1-3-9(4-8)15-11(20)6-17-5-10(18(21)22)12(16-17)14-7-19/h1-5,7H,6H2,(H,15,20)(H,14,16,19). The lowest BCUT2D eigenvalue weighted by Crippen LogP contribution is -2.19. The van der Waals surface area contributed by atoms with Gasteiger partial charge in [0, 0.05) is 5.69 Å². The Morgan fingerprint density at radius 3 is 2.91 bits per heavy atom. The monoisotopic (exact) mass is 307 g/mol. The fraction of sp³-hybridized carbons (Fsp3) is 0.0833. The normalized spacial score (nSPS) is 10.0. The van der Waals surface area contributed by atoms with Gasteiger partial charge in [0.05, 0.1) is 4.92 Å². The van der Waals surface area contributed by atoms with Crippen molar-refractivity contribution in [3.63, 3.8) is 0 Å². The van der Waals surface area contributed by atoms with Gasteiger partial charge >= 0.3 is 5.69 Å². The van der Waals surface area contributed by atoms with Crippen LogP contribution in [0.15, 0.2) is 30.5 Å². The van der Waals surface area contributed by atoms with Crippen molar-refractivity contribution in [2.24, 2.45) is 0 Å². The van der Waals surface area contributed by atoms with E-state index in [4.69, 9.17) is 0 Å². The Kier molecular flexibility index (Phi) is 4.41. The van der Waals surface area contributed by atoms with Crippen LogP contribution in [0.2, 0.25) is 0 Å². The summed E-state index contributed by atoms with van der Waals surface area (Å²) in [4.78, 5) is 32.2. The van der Waals surface area contributed by atoms with Crippen molar-refractivity contribution in [1.29, 1.82) is 0 Å². The molecule has 0 aliphatic carbocycles. The van der Waals surface area contributed by atoms with Crippen molar-refractivity contribution < 1.29 is 18.9 Å². The highest BCUT2D eigenvalue weighted by molar-refractivity contribution is 5.90. The number of amides is 2. The second-order valence-corrected chi connectivity index (χ2v) is 4.14. The van der Waals surface area contributed by atoms with E-state index < -0.39 is 22.3 Å². The van der Waals surface area contributed by atoms with Crippen LogP contribution >= 0.6 is 0 Å². The molecule has 0 spiro atoms. The summed E-state index contributed by atoms with van der Waals surface area (Å²) in [5.41, 5.74) is -0.191. The van der Waals surface area contributed by atoms with Crippen LogP contribution in [0, 0.1) is 15.9 Å². The van der Waals surface area contributed by atoms with Gasteiger partial charge in [-0.05, 0) is 18.2 Å². The molecule has 1 aromatic carbocycles. The summed E-state index contributed by atoms with van der Waals surface area (Å²) in [6.45, 7) is -0.335. The molecule has 0 aliphatic heterocycles. The Labute approximate surface area is 122 Å². The number of aromatic nitrogens is 2. The Balaban J connectivity index is 2.09. The second-order valence-electron chi connectivity index (χ2n) is 4.14.